The van der Waals surface area contributed by atoms with Crippen LogP contribution >= 0.6 is 0 Å². The number of fused-ring (bicyclic) bond motifs is 1. The van der Waals surface area contributed by atoms with Gasteiger partial charge in [-0.2, -0.15) is 0 Å². The molecule has 1 N–H and O–H groups in total. The van der Waals surface area contributed by atoms with Gasteiger partial charge in [-0.3, -0.25) is 4.79 Å². The third-order valence-corrected chi connectivity index (χ3v) is 3.65. The lowest BCUT2D eigenvalue weighted by atomic mass is 9.74. The van der Waals surface area contributed by atoms with Gasteiger partial charge >= 0.3 is 5.97 Å². The molecule has 0 fully saturated rings. The van der Waals surface area contributed by atoms with Crippen molar-refractivity contribution in [1.82, 2.24) is 0 Å². The third kappa shape index (κ3) is 2.11. The summed E-state index contributed by atoms with van der Waals surface area (Å²) in [5, 5.41) is 8.98. The number of benzene rings is 1. The Balaban J connectivity index is 2.38. The Kier molecular flexibility index (Phi) is 2.99. The van der Waals surface area contributed by atoms with Gasteiger partial charge in [-0.05, 0) is 42.7 Å². The van der Waals surface area contributed by atoms with Crippen LogP contribution in [-0.4, -0.2) is 11.1 Å². The second-order valence-corrected chi connectivity index (χ2v) is 4.92. The maximum absolute atomic E-state index is 10.9. The van der Waals surface area contributed by atoms with Gasteiger partial charge in [0.25, 0.3) is 0 Å². The molecule has 0 spiro atoms. The van der Waals surface area contributed by atoms with Crippen LogP contribution in [0, 0.1) is 12.8 Å². The third-order valence-electron chi connectivity index (χ3n) is 3.65. The zero-order valence-electron chi connectivity index (χ0n) is 9.86. The molecule has 1 aromatic rings. The van der Waals surface area contributed by atoms with Crippen LogP contribution in [0.3, 0.4) is 0 Å². The Morgan fingerprint density at radius 1 is 1.50 bits per heavy atom. The summed E-state index contributed by atoms with van der Waals surface area (Å²) in [7, 11) is 0. The fourth-order valence-electron chi connectivity index (χ4n) is 2.68. The fraction of sp³-hybridized carbons (Fsp3) is 0.500. The van der Waals surface area contributed by atoms with E-state index in [-0.39, 0.29) is 12.3 Å². The Labute approximate surface area is 96.3 Å². The average Bonchev–Trinajstić information content (AvgIpc) is 2.22. The molecule has 0 heterocycles. The van der Waals surface area contributed by atoms with Gasteiger partial charge in [0.05, 0.1) is 6.42 Å². The Morgan fingerprint density at radius 2 is 2.25 bits per heavy atom. The van der Waals surface area contributed by atoms with Crippen molar-refractivity contribution in [2.75, 3.05) is 0 Å². The van der Waals surface area contributed by atoms with Gasteiger partial charge < -0.3 is 5.11 Å². The molecule has 2 heteroatoms. The minimum absolute atomic E-state index is 0.196. The Hall–Kier alpha value is -1.31. The van der Waals surface area contributed by atoms with Crippen molar-refractivity contribution in [2.45, 2.75) is 39.0 Å². The summed E-state index contributed by atoms with van der Waals surface area (Å²) in [5.74, 6) is -0.0160. The summed E-state index contributed by atoms with van der Waals surface area (Å²) in [5.41, 5.74) is 3.83. The molecule has 2 unspecified atom stereocenters. The maximum Gasteiger partial charge on any atom is 0.303 e. The molecule has 0 radical (unpaired) electrons. The number of aliphatic carboxylic acids is 1. The molecule has 16 heavy (non-hydrogen) atoms. The Bertz CT molecular complexity index is 409. The van der Waals surface area contributed by atoms with Crippen molar-refractivity contribution in [3.05, 3.63) is 34.9 Å². The summed E-state index contributed by atoms with van der Waals surface area (Å²) >= 11 is 0. The molecule has 1 aliphatic rings. The number of hydrogen-bond donors (Lipinski definition) is 1. The SMILES string of the molecule is Cc1ccc2c(c1)C(CC(=O)O)C(C)CC2. The summed E-state index contributed by atoms with van der Waals surface area (Å²) in [6.07, 6.45) is 2.46. The number of carboxylic acids is 1. The van der Waals surface area contributed by atoms with Crippen molar-refractivity contribution < 1.29 is 9.90 Å². The Morgan fingerprint density at radius 3 is 2.94 bits per heavy atom. The zero-order chi connectivity index (χ0) is 11.7. The molecule has 1 aliphatic carbocycles. The minimum Gasteiger partial charge on any atom is -0.481 e. The van der Waals surface area contributed by atoms with Gasteiger partial charge in [0, 0.05) is 0 Å². The summed E-state index contributed by atoms with van der Waals surface area (Å²) in [6, 6.07) is 6.44. The second-order valence-electron chi connectivity index (χ2n) is 4.92. The monoisotopic (exact) mass is 218 g/mol. The molecule has 0 aromatic heterocycles. The van der Waals surface area contributed by atoms with Gasteiger partial charge in [-0.25, -0.2) is 0 Å². The van der Waals surface area contributed by atoms with E-state index >= 15 is 0 Å². The maximum atomic E-state index is 10.9. The van der Waals surface area contributed by atoms with E-state index in [0.29, 0.717) is 5.92 Å². The first kappa shape index (κ1) is 11.2. The number of hydrogen-bond acceptors (Lipinski definition) is 1. The topological polar surface area (TPSA) is 37.3 Å². The zero-order valence-corrected chi connectivity index (χ0v) is 9.86. The highest BCUT2D eigenvalue weighted by Gasteiger charge is 2.28. The lowest BCUT2D eigenvalue weighted by Gasteiger charge is -2.30. The molecule has 0 aliphatic heterocycles. The van der Waals surface area contributed by atoms with Crippen LogP contribution in [0.25, 0.3) is 0 Å². The molecule has 1 aromatic carbocycles. The largest absolute Gasteiger partial charge is 0.481 e. The number of aryl methyl sites for hydroxylation is 2. The molecule has 0 saturated carbocycles. The summed E-state index contributed by atoms with van der Waals surface area (Å²) < 4.78 is 0. The van der Waals surface area contributed by atoms with Gasteiger partial charge in [0.1, 0.15) is 0 Å². The van der Waals surface area contributed by atoms with Crippen LogP contribution in [0.5, 0.6) is 0 Å². The first-order chi connectivity index (χ1) is 7.58. The number of rotatable bonds is 2. The van der Waals surface area contributed by atoms with Crippen molar-refractivity contribution in [1.29, 1.82) is 0 Å². The van der Waals surface area contributed by atoms with Crippen LogP contribution in [0.1, 0.15) is 42.4 Å². The van der Waals surface area contributed by atoms with E-state index in [1.54, 1.807) is 0 Å². The van der Waals surface area contributed by atoms with E-state index in [1.165, 1.54) is 16.7 Å². The normalized spacial score (nSPS) is 23.9. The van der Waals surface area contributed by atoms with E-state index in [0.717, 1.165) is 12.8 Å². The van der Waals surface area contributed by atoms with Gasteiger partial charge in [0.2, 0.25) is 0 Å². The molecule has 2 nitrogen and oxygen atoms in total. The number of carbonyl (C=O) groups is 1. The molecule has 2 rings (SSSR count). The van der Waals surface area contributed by atoms with E-state index in [2.05, 4.69) is 32.0 Å². The predicted molar refractivity (Wildman–Crippen MR) is 63.7 cm³/mol. The van der Waals surface area contributed by atoms with E-state index in [4.69, 9.17) is 5.11 Å². The molecular formula is C14H18O2. The van der Waals surface area contributed by atoms with Crippen LogP contribution < -0.4 is 0 Å². The lowest BCUT2D eigenvalue weighted by molar-refractivity contribution is -0.137. The highest BCUT2D eigenvalue weighted by atomic mass is 16.4. The average molecular weight is 218 g/mol. The lowest BCUT2D eigenvalue weighted by Crippen LogP contribution is -2.21. The van der Waals surface area contributed by atoms with Gasteiger partial charge in [0.15, 0.2) is 0 Å². The molecular weight excluding hydrogens is 200 g/mol. The predicted octanol–water partition coefficient (Wildman–Crippen LogP) is 3.14. The first-order valence-electron chi connectivity index (χ1n) is 5.89. The van der Waals surface area contributed by atoms with Crippen molar-refractivity contribution >= 4 is 5.97 Å². The smallest absolute Gasteiger partial charge is 0.303 e. The van der Waals surface area contributed by atoms with E-state index in [1.807, 2.05) is 0 Å². The quantitative estimate of drug-likeness (QED) is 0.828. The second kappa shape index (κ2) is 4.28. The van der Waals surface area contributed by atoms with Gasteiger partial charge in [-0.15, -0.1) is 0 Å². The highest BCUT2D eigenvalue weighted by molar-refractivity contribution is 5.68. The van der Waals surface area contributed by atoms with Crippen LogP contribution in [0.4, 0.5) is 0 Å². The van der Waals surface area contributed by atoms with E-state index < -0.39 is 5.97 Å². The summed E-state index contributed by atoms with van der Waals surface area (Å²) in [6.45, 7) is 4.23. The van der Waals surface area contributed by atoms with Crippen LogP contribution in [0.2, 0.25) is 0 Å². The minimum atomic E-state index is -0.689. The van der Waals surface area contributed by atoms with Gasteiger partial charge in [-0.1, -0.05) is 30.7 Å². The van der Waals surface area contributed by atoms with Crippen molar-refractivity contribution in [3.8, 4) is 0 Å². The number of carboxylic acid groups (broad SMARTS) is 1. The summed E-state index contributed by atoms with van der Waals surface area (Å²) in [4.78, 5) is 10.9. The molecule has 0 amide bonds. The highest BCUT2D eigenvalue weighted by Crippen LogP contribution is 2.38. The van der Waals surface area contributed by atoms with Crippen LogP contribution in [-0.2, 0) is 11.2 Å². The van der Waals surface area contributed by atoms with Crippen molar-refractivity contribution in [2.24, 2.45) is 5.92 Å². The molecule has 0 saturated heterocycles. The molecule has 0 bridgehead atoms. The van der Waals surface area contributed by atoms with Crippen LogP contribution in [0.15, 0.2) is 18.2 Å². The van der Waals surface area contributed by atoms with E-state index in [9.17, 15) is 4.79 Å². The molecule has 86 valence electrons. The fourth-order valence-corrected chi connectivity index (χ4v) is 2.68. The molecule has 2 atom stereocenters. The standard InChI is InChI=1S/C14H18O2/c1-9-3-5-11-6-4-10(2)12(8-14(15)16)13(11)7-9/h3,5,7,10,12H,4,6,8H2,1-2H3,(H,15,16). The van der Waals surface area contributed by atoms with Crippen molar-refractivity contribution in [3.63, 3.8) is 0 Å². The first-order valence-corrected chi connectivity index (χ1v) is 5.89.